The van der Waals surface area contributed by atoms with Crippen molar-refractivity contribution in [2.75, 3.05) is 11.9 Å². The van der Waals surface area contributed by atoms with Gasteiger partial charge in [0.2, 0.25) is 0 Å². The van der Waals surface area contributed by atoms with E-state index < -0.39 is 0 Å². The first-order valence-electron chi connectivity index (χ1n) is 9.61. The van der Waals surface area contributed by atoms with Crippen molar-refractivity contribution >= 4 is 49.4 Å². The first kappa shape index (κ1) is 21.8. The maximum atomic E-state index is 12.3. The predicted molar refractivity (Wildman–Crippen MR) is 119 cm³/mol. The molecule has 0 atom stereocenters. The van der Waals surface area contributed by atoms with Gasteiger partial charge in [-0.2, -0.15) is 0 Å². The van der Waals surface area contributed by atoms with Crippen LogP contribution in [0, 0.1) is 6.92 Å². The highest BCUT2D eigenvalue weighted by atomic mass is 79.9. The first-order valence-corrected chi connectivity index (χ1v) is 11.2. The summed E-state index contributed by atoms with van der Waals surface area (Å²) >= 11 is 6.86. The molecule has 1 amide bonds. The molecule has 0 unspecified atom stereocenters. The van der Waals surface area contributed by atoms with E-state index >= 15 is 0 Å². The maximum Gasteiger partial charge on any atom is 0.338 e. The number of anilines is 1. The summed E-state index contributed by atoms with van der Waals surface area (Å²) in [5, 5.41) is 2.77. The van der Waals surface area contributed by atoms with Gasteiger partial charge < -0.3 is 14.8 Å². The van der Waals surface area contributed by atoms with Crippen LogP contribution in [0.4, 0.5) is 5.69 Å². The van der Waals surface area contributed by atoms with E-state index in [4.69, 9.17) is 9.47 Å². The minimum Gasteiger partial charge on any atom is -0.482 e. The smallest absolute Gasteiger partial charge is 0.338 e. The van der Waals surface area contributed by atoms with E-state index in [9.17, 15) is 9.59 Å². The molecular weight excluding hydrogens is 502 g/mol. The van der Waals surface area contributed by atoms with E-state index in [0.29, 0.717) is 17.0 Å². The summed E-state index contributed by atoms with van der Waals surface area (Å²) in [6.45, 7) is 1.79. The number of hydrogen-bond acceptors (Lipinski definition) is 4. The van der Waals surface area contributed by atoms with E-state index in [0.717, 1.165) is 40.2 Å². The molecule has 1 saturated carbocycles. The summed E-state index contributed by atoms with van der Waals surface area (Å²) in [6.07, 6.45) is 5.34. The van der Waals surface area contributed by atoms with E-state index in [2.05, 4.69) is 37.2 Å². The molecule has 7 heteroatoms. The third kappa shape index (κ3) is 6.31. The van der Waals surface area contributed by atoms with Crippen LogP contribution in [0.3, 0.4) is 0 Å². The average molecular weight is 525 g/mol. The topological polar surface area (TPSA) is 64.6 Å². The normalized spacial score (nSPS) is 14.3. The second kappa shape index (κ2) is 10.3. The molecule has 1 N–H and O–H groups in total. The Hall–Kier alpha value is -1.86. The van der Waals surface area contributed by atoms with Crippen LogP contribution in [0.25, 0.3) is 0 Å². The molecule has 1 aliphatic carbocycles. The van der Waals surface area contributed by atoms with Crippen LogP contribution < -0.4 is 10.1 Å². The molecule has 5 nitrogen and oxygen atoms in total. The van der Waals surface area contributed by atoms with Gasteiger partial charge in [0, 0.05) is 10.2 Å². The Kier molecular flexibility index (Phi) is 7.72. The lowest BCUT2D eigenvalue weighted by atomic mass is 9.98. The van der Waals surface area contributed by atoms with Crippen molar-refractivity contribution in [1.82, 2.24) is 0 Å². The summed E-state index contributed by atoms with van der Waals surface area (Å²) in [7, 11) is 0. The van der Waals surface area contributed by atoms with Crippen LogP contribution in [-0.2, 0) is 9.53 Å². The Morgan fingerprint density at radius 3 is 2.41 bits per heavy atom. The molecule has 0 spiro atoms. The Balaban J connectivity index is 1.51. The van der Waals surface area contributed by atoms with Gasteiger partial charge in [-0.25, -0.2) is 4.79 Å². The number of esters is 1. The number of carbonyl (C=O) groups excluding carboxylic acids is 2. The first-order chi connectivity index (χ1) is 13.9. The van der Waals surface area contributed by atoms with E-state index in [1.807, 2.05) is 19.1 Å². The molecular formula is C22H23Br2NO4. The lowest BCUT2D eigenvalue weighted by Gasteiger charge is -2.21. The lowest BCUT2D eigenvalue weighted by Crippen LogP contribution is -2.21. The summed E-state index contributed by atoms with van der Waals surface area (Å²) in [5.41, 5.74) is 2.00. The van der Waals surface area contributed by atoms with Gasteiger partial charge in [0.05, 0.1) is 10.0 Å². The molecule has 29 heavy (non-hydrogen) atoms. The molecule has 0 bridgehead atoms. The van der Waals surface area contributed by atoms with Crippen molar-refractivity contribution < 1.29 is 19.1 Å². The van der Waals surface area contributed by atoms with Gasteiger partial charge >= 0.3 is 5.97 Å². The van der Waals surface area contributed by atoms with Gasteiger partial charge in [0.1, 0.15) is 11.9 Å². The largest absolute Gasteiger partial charge is 0.482 e. The van der Waals surface area contributed by atoms with Crippen LogP contribution in [0.15, 0.2) is 45.3 Å². The van der Waals surface area contributed by atoms with Gasteiger partial charge in [0.25, 0.3) is 5.91 Å². The SMILES string of the molecule is Cc1cc(Br)cc(Br)c1OCC(=O)Nc1ccc(C(=O)OC2CCCCC2)cc1. The zero-order chi connectivity index (χ0) is 20.8. The van der Waals surface area contributed by atoms with E-state index in [-0.39, 0.29) is 24.6 Å². The molecule has 0 aliphatic heterocycles. The van der Waals surface area contributed by atoms with Crippen molar-refractivity contribution in [3.05, 3.63) is 56.5 Å². The van der Waals surface area contributed by atoms with Crippen LogP contribution in [0.2, 0.25) is 0 Å². The Bertz CT molecular complexity index is 854. The average Bonchev–Trinajstić information content (AvgIpc) is 2.68. The van der Waals surface area contributed by atoms with Gasteiger partial charge in [-0.05, 0) is 90.5 Å². The van der Waals surface area contributed by atoms with Crippen molar-refractivity contribution in [2.24, 2.45) is 0 Å². The molecule has 3 rings (SSSR count). The fourth-order valence-corrected chi connectivity index (χ4v) is 4.85. The highest BCUT2D eigenvalue weighted by molar-refractivity contribution is 9.11. The second-order valence-corrected chi connectivity index (χ2v) is 8.88. The van der Waals surface area contributed by atoms with Crippen molar-refractivity contribution in [3.63, 3.8) is 0 Å². The molecule has 0 aromatic heterocycles. The minimum absolute atomic E-state index is 0.0224. The predicted octanol–water partition coefficient (Wildman–Crippen LogP) is 6.03. The fourth-order valence-electron chi connectivity index (χ4n) is 3.30. The van der Waals surface area contributed by atoms with Crippen LogP contribution in [0.5, 0.6) is 5.75 Å². The number of rotatable bonds is 6. The lowest BCUT2D eigenvalue weighted by molar-refractivity contribution is -0.118. The number of aryl methyl sites for hydroxylation is 1. The Morgan fingerprint density at radius 2 is 1.76 bits per heavy atom. The number of hydrogen-bond donors (Lipinski definition) is 1. The summed E-state index contributed by atoms with van der Waals surface area (Å²) < 4.78 is 12.9. The summed E-state index contributed by atoms with van der Waals surface area (Å²) in [4.78, 5) is 24.5. The fraction of sp³-hybridized carbons (Fsp3) is 0.364. The van der Waals surface area contributed by atoms with Crippen molar-refractivity contribution in [3.8, 4) is 5.75 Å². The molecule has 0 saturated heterocycles. The zero-order valence-electron chi connectivity index (χ0n) is 16.2. The second-order valence-electron chi connectivity index (χ2n) is 7.11. The molecule has 2 aromatic carbocycles. The number of halogens is 2. The number of nitrogens with one attached hydrogen (secondary N) is 1. The third-order valence-electron chi connectivity index (χ3n) is 4.77. The van der Waals surface area contributed by atoms with E-state index in [1.165, 1.54) is 6.42 Å². The van der Waals surface area contributed by atoms with Crippen LogP contribution >= 0.6 is 31.9 Å². The number of ether oxygens (including phenoxy) is 2. The standard InChI is InChI=1S/C22H23Br2NO4/c1-14-11-16(23)12-19(24)21(14)28-13-20(26)25-17-9-7-15(8-10-17)22(27)29-18-5-3-2-4-6-18/h7-12,18H,2-6,13H2,1H3,(H,25,26). The van der Waals surface area contributed by atoms with Gasteiger partial charge in [-0.1, -0.05) is 22.4 Å². The van der Waals surface area contributed by atoms with Crippen LogP contribution in [0.1, 0.15) is 48.0 Å². The van der Waals surface area contributed by atoms with E-state index in [1.54, 1.807) is 24.3 Å². The van der Waals surface area contributed by atoms with Crippen molar-refractivity contribution in [1.29, 1.82) is 0 Å². The third-order valence-corrected chi connectivity index (χ3v) is 5.82. The zero-order valence-corrected chi connectivity index (χ0v) is 19.3. The highest BCUT2D eigenvalue weighted by Crippen LogP contribution is 2.32. The molecule has 1 aliphatic rings. The van der Waals surface area contributed by atoms with Gasteiger partial charge in [-0.15, -0.1) is 0 Å². The summed E-state index contributed by atoms with van der Waals surface area (Å²) in [5.74, 6) is 0.0366. The van der Waals surface area contributed by atoms with Crippen LogP contribution in [-0.4, -0.2) is 24.6 Å². The number of amides is 1. The molecule has 154 valence electrons. The maximum absolute atomic E-state index is 12.3. The Morgan fingerprint density at radius 1 is 1.07 bits per heavy atom. The molecule has 0 heterocycles. The van der Waals surface area contributed by atoms with Gasteiger partial charge in [-0.3, -0.25) is 4.79 Å². The Labute approximate surface area is 187 Å². The molecule has 2 aromatic rings. The minimum atomic E-state index is -0.311. The highest BCUT2D eigenvalue weighted by Gasteiger charge is 2.18. The number of carbonyl (C=O) groups is 2. The van der Waals surface area contributed by atoms with Gasteiger partial charge in [0.15, 0.2) is 6.61 Å². The molecule has 1 fully saturated rings. The monoisotopic (exact) mass is 523 g/mol. The van der Waals surface area contributed by atoms with Crippen molar-refractivity contribution in [2.45, 2.75) is 45.1 Å². The summed E-state index contributed by atoms with van der Waals surface area (Å²) in [6, 6.07) is 10.5. The quantitative estimate of drug-likeness (QED) is 0.469. The number of benzene rings is 2. The molecule has 0 radical (unpaired) electrons.